The standard InChI is InChI=1S/C9H22N2O3S/c1-4-9(7-10)15(12,13)11-8(2)5-6-14-3/h8-9,11H,4-7,10H2,1-3H3. The zero-order valence-electron chi connectivity index (χ0n) is 9.69. The number of ether oxygens (including phenoxy) is 1. The molecule has 0 aromatic carbocycles. The van der Waals surface area contributed by atoms with Crippen LogP contribution in [0.5, 0.6) is 0 Å². The van der Waals surface area contributed by atoms with Gasteiger partial charge in [-0.05, 0) is 19.8 Å². The van der Waals surface area contributed by atoms with Crippen LogP contribution in [0.15, 0.2) is 0 Å². The molecule has 0 radical (unpaired) electrons. The van der Waals surface area contributed by atoms with Gasteiger partial charge in [0.15, 0.2) is 0 Å². The van der Waals surface area contributed by atoms with Crippen molar-refractivity contribution in [3.05, 3.63) is 0 Å². The Balaban J connectivity index is 4.24. The molecular weight excluding hydrogens is 216 g/mol. The van der Waals surface area contributed by atoms with Gasteiger partial charge in [0.05, 0.1) is 5.25 Å². The van der Waals surface area contributed by atoms with Gasteiger partial charge < -0.3 is 10.5 Å². The van der Waals surface area contributed by atoms with Gasteiger partial charge in [0.2, 0.25) is 10.0 Å². The summed E-state index contributed by atoms with van der Waals surface area (Å²) in [7, 11) is -1.69. The van der Waals surface area contributed by atoms with Crippen molar-refractivity contribution in [3.8, 4) is 0 Å². The van der Waals surface area contributed by atoms with Crippen molar-refractivity contribution in [2.24, 2.45) is 5.73 Å². The predicted octanol–water partition coefficient (Wildman–Crippen LogP) is 0.0681. The van der Waals surface area contributed by atoms with Crippen molar-refractivity contribution >= 4 is 10.0 Å². The lowest BCUT2D eigenvalue weighted by Gasteiger charge is -2.18. The normalized spacial score (nSPS) is 16.3. The summed E-state index contributed by atoms with van der Waals surface area (Å²) in [6.45, 7) is 4.34. The van der Waals surface area contributed by atoms with Gasteiger partial charge in [0.25, 0.3) is 0 Å². The molecule has 0 aliphatic heterocycles. The molecule has 0 saturated heterocycles. The Morgan fingerprint density at radius 3 is 2.47 bits per heavy atom. The Hall–Kier alpha value is -0.170. The van der Waals surface area contributed by atoms with Gasteiger partial charge in [-0.15, -0.1) is 0 Å². The van der Waals surface area contributed by atoms with Crippen molar-refractivity contribution in [2.75, 3.05) is 20.3 Å². The first-order valence-corrected chi connectivity index (χ1v) is 6.72. The average molecular weight is 238 g/mol. The number of sulfonamides is 1. The molecule has 3 N–H and O–H groups in total. The van der Waals surface area contributed by atoms with Crippen LogP contribution in [-0.4, -0.2) is 40.0 Å². The maximum Gasteiger partial charge on any atom is 0.215 e. The zero-order chi connectivity index (χ0) is 11.9. The number of hydrogen-bond donors (Lipinski definition) is 2. The largest absolute Gasteiger partial charge is 0.385 e. The van der Waals surface area contributed by atoms with Gasteiger partial charge in [-0.3, -0.25) is 0 Å². The monoisotopic (exact) mass is 238 g/mol. The summed E-state index contributed by atoms with van der Waals surface area (Å²) in [5.74, 6) is 0. The van der Waals surface area contributed by atoms with Crippen LogP contribution >= 0.6 is 0 Å². The molecule has 0 aliphatic carbocycles. The van der Waals surface area contributed by atoms with Crippen LogP contribution in [0, 0.1) is 0 Å². The summed E-state index contributed by atoms with van der Waals surface area (Å²) in [6, 6.07) is -0.115. The van der Waals surface area contributed by atoms with Gasteiger partial charge in [0.1, 0.15) is 0 Å². The number of nitrogens with two attached hydrogens (primary N) is 1. The first kappa shape index (κ1) is 14.8. The van der Waals surface area contributed by atoms with Gasteiger partial charge in [-0.25, -0.2) is 13.1 Å². The van der Waals surface area contributed by atoms with Gasteiger partial charge in [-0.1, -0.05) is 6.92 Å². The fraction of sp³-hybridized carbons (Fsp3) is 1.00. The summed E-state index contributed by atoms with van der Waals surface area (Å²) in [5.41, 5.74) is 5.40. The summed E-state index contributed by atoms with van der Waals surface area (Å²) >= 11 is 0. The zero-order valence-corrected chi connectivity index (χ0v) is 10.5. The van der Waals surface area contributed by atoms with Crippen LogP contribution in [-0.2, 0) is 14.8 Å². The predicted molar refractivity (Wildman–Crippen MR) is 61.1 cm³/mol. The third-order valence-corrected chi connectivity index (χ3v) is 4.41. The van der Waals surface area contributed by atoms with Gasteiger partial charge in [-0.2, -0.15) is 0 Å². The fourth-order valence-electron chi connectivity index (χ4n) is 1.24. The van der Waals surface area contributed by atoms with Crippen LogP contribution in [0.1, 0.15) is 26.7 Å². The highest BCUT2D eigenvalue weighted by Gasteiger charge is 2.23. The van der Waals surface area contributed by atoms with Crippen molar-refractivity contribution in [1.29, 1.82) is 0 Å². The van der Waals surface area contributed by atoms with Crippen molar-refractivity contribution < 1.29 is 13.2 Å². The lowest BCUT2D eigenvalue weighted by atomic mass is 10.3. The molecule has 0 amide bonds. The SMILES string of the molecule is CCC(CN)S(=O)(=O)NC(C)CCOC. The second-order valence-electron chi connectivity index (χ2n) is 3.61. The summed E-state index contributed by atoms with van der Waals surface area (Å²) in [4.78, 5) is 0. The molecule has 0 heterocycles. The third kappa shape index (κ3) is 5.46. The Kier molecular flexibility index (Phi) is 7.08. The molecule has 0 fully saturated rings. The van der Waals surface area contributed by atoms with Crippen LogP contribution in [0.3, 0.4) is 0 Å². The highest BCUT2D eigenvalue weighted by atomic mass is 32.2. The number of hydrogen-bond acceptors (Lipinski definition) is 4. The molecule has 0 rings (SSSR count). The quantitative estimate of drug-likeness (QED) is 0.627. The van der Waals surface area contributed by atoms with Gasteiger partial charge >= 0.3 is 0 Å². The van der Waals surface area contributed by atoms with Crippen LogP contribution in [0.4, 0.5) is 0 Å². The van der Waals surface area contributed by atoms with Crippen molar-refractivity contribution in [1.82, 2.24) is 4.72 Å². The number of rotatable bonds is 8. The number of methoxy groups -OCH3 is 1. The molecule has 5 nitrogen and oxygen atoms in total. The lowest BCUT2D eigenvalue weighted by molar-refractivity contribution is 0.188. The minimum absolute atomic E-state index is 0.115. The molecule has 0 aliphatic rings. The van der Waals surface area contributed by atoms with E-state index in [-0.39, 0.29) is 12.6 Å². The topological polar surface area (TPSA) is 81.4 Å². The van der Waals surface area contributed by atoms with E-state index in [1.807, 2.05) is 13.8 Å². The highest BCUT2D eigenvalue weighted by molar-refractivity contribution is 7.90. The van der Waals surface area contributed by atoms with E-state index in [0.29, 0.717) is 19.4 Å². The van der Waals surface area contributed by atoms with E-state index in [9.17, 15) is 8.42 Å². The minimum Gasteiger partial charge on any atom is -0.385 e. The lowest BCUT2D eigenvalue weighted by Crippen LogP contribution is -2.42. The molecular formula is C9H22N2O3S. The second kappa shape index (κ2) is 7.16. The van der Waals surface area contributed by atoms with Crippen LogP contribution in [0.25, 0.3) is 0 Å². The van der Waals surface area contributed by atoms with Gasteiger partial charge in [0, 0.05) is 26.3 Å². The Bertz CT molecular complexity index is 250. The van der Waals surface area contributed by atoms with Crippen LogP contribution < -0.4 is 10.5 Å². The molecule has 2 atom stereocenters. The summed E-state index contributed by atoms with van der Waals surface area (Å²) in [6.07, 6.45) is 1.19. The average Bonchev–Trinajstić information content (AvgIpc) is 2.15. The first-order valence-electron chi connectivity index (χ1n) is 5.18. The third-order valence-electron chi connectivity index (χ3n) is 2.28. The highest BCUT2D eigenvalue weighted by Crippen LogP contribution is 2.04. The molecule has 0 spiro atoms. The molecule has 2 unspecified atom stereocenters. The fourth-order valence-corrected chi connectivity index (χ4v) is 2.81. The molecule has 0 aromatic heterocycles. The Labute approximate surface area is 92.4 Å². The van der Waals surface area contributed by atoms with E-state index >= 15 is 0 Å². The summed E-state index contributed by atoms with van der Waals surface area (Å²) in [5, 5.41) is -0.498. The van der Waals surface area contributed by atoms with Crippen molar-refractivity contribution in [2.45, 2.75) is 38.0 Å². The Morgan fingerprint density at radius 2 is 2.07 bits per heavy atom. The van der Waals surface area contributed by atoms with E-state index in [0.717, 1.165) is 0 Å². The first-order chi connectivity index (χ1) is 6.97. The molecule has 0 bridgehead atoms. The maximum atomic E-state index is 11.7. The Morgan fingerprint density at radius 1 is 1.47 bits per heavy atom. The van der Waals surface area contributed by atoms with Crippen molar-refractivity contribution in [3.63, 3.8) is 0 Å². The number of nitrogens with one attached hydrogen (secondary N) is 1. The minimum atomic E-state index is -3.28. The van der Waals surface area contributed by atoms with E-state index in [1.165, 1.54) is 0 Å². The van der Waals surface area contributed by atoms with E-state index in [4.69, 9.17) is 10.5 Å². The second-order valence-corrected chi connectivity index (χ2v) is 5.60. The molecule has 6 heteroatoms. The smallest absolute Gasteiger partial charge is 0.215 e. The molecule has 0 aromatic rings. The summed E-state index contributed by atoms with van der Waals surface area (Å²) < 4.78 is 31.0. The molecule has 0 saturated carbocycles. The molecule has 92 valence electrons. The van der Waals surface area contributed by atoms with E-state index in [1.54, 1.807) is 7.11 Å². The van der Waals surface area contributed by atoms with E-state index in [2.05, 4.69) is 4.72 Å². The van der Waals surface area contributed by atoms with E-state index < -0.39 is 15.3 Å². The maximum absolute atomic E-state index is 11.7. The van der Waals surface area contributed by atoms with Crippen LogP contribution in [0.2, 0.25) is 0 Å². The molecule has 15 heavy (non-hydrogen) atoms.